The van der Waals surface area contributed by atoms with Gasteiger partial charge in [0, 0.05) is 18.3 Å². The fraction of sp³-hybridized carbons (Fsp3) is 0.370. The van der Waals surface area contributed by atoms with E-state index in [1.165, 1.54) is 10.8 Å². The Labute approximate surface area is 220 Å². The zero-order valence-corrected chi connectivity index (χ0v) is 22.1. The lowest BCUT2D eigenvalue weighted by Gasteiger charge is -2.35. The lowest BCUT2D eigenvalue weighted by molar-refractivity contribution is 0.170. The van der Waals surface area contributed by atoms with E-state index in [9.17, 15) is 9.90 Å². The molecule has 9 nitrogen and oxygen atoms in total. The number of aromatic nitrogens is 2. The first-order valence-electron chi connectivity index (χ1n) is 12.2. The van der Waals surface area contributed by atoms with Gasteiger partial charge in [0.2, 0.25) is 18.4 Å². The van der Waals surface area contributed by atoms with E-state index >= 15 is 0 Å². The van der Waals surface area contributed by atoms with Gasteiger partial charge in [0.05, 0.1) is 25.4 Å². The average molecular weight is 523 g/mol. The third-order valence-corrected chi connectivity index (χ3v) is 7.27. The van der Waals surface area contributed by atoms with Crippen molar-refractivity contribution < 1.29 is 19.3 Å². The van der Waals surface area contributed by atoms with E-state index in [1.54, 1.807) is 7.11 Å². The second-order valence-electron chi connectivity index (χ2n) is 9.54. The summed E-state index contributed by atoms with van der Waals surface area (Å²) in [5, 5.41) is 11.0. The summed E-state index contributed by atoms with van der Waals surface area (Å²) in [5.74, 6) is 2.05. The minimum atomic E-state index is -0.500. The van der Waals surface area contributed by atoms with Gasteiger partial charge < -0.3 is 19.3 Å². The normalized spacial score (nSPS) is 16.9. The van der Waals surface area contributed by atoms with Gasteiger partial charge in [0.25, 0.3) is 5.56 Å². The van der Waals surface area contributed by atoms with Crippen LogP contribution in [0.1, 0.15) is 48.1 Å². The Kier molecular flexibility index (Phi) is 6.78. The van der Waals surface area contributed by atoms with E-state index in [-0.39, 0.29) is 29.0 Å². The summed E-state index contributed by atoms with van der Waals surface area (Å²) in [4.78, 5) is 22.1. The summed E-state index contributed by atoms with van der Waals surface area (Å²) in [5.41, 5.74) is 3.48. The number of likely N-dealkylation sites (N-methyl/N-ethyl adjacent to an activating group) is 1. The molecule has 37 heavy (non-hydrogen) atoms. The molecule has 2 aliphatic rings. The maximum Gasteiger partial charge on any atom is 0.264 e. The minimum Gasteiger partial charge on any atom is -0.494 e. The molecule has 1 atom stereocenters. The molecule has 10 heteroatoms. The molecule has 1 unspecified atom stereocenters. The van der Waals surface area contributed by atoms with Crippen LogP contribution >= 0.6 is 12.2 Å². The van der Waals surface area contributed by atoms with E-state index < -0.39 is 5.56 Å². The summed E-state index contributed by atoms with van der Waals surface area (Å²) in [7, 11) is 3.64. The van der Waals surface area contributed by atoms with Gasteiger partial charge in [0.1, 0.15) is 5.56 Å². The summed E-state index contributed by atoms with van der Waals surface area (Å²) in [6, 6.07) is 9.60. The van der Waals surface area contributed by atoms with Crippen LogP contribution in [0.5, 0.6) is 23.1 Å². The third-order valence-electron chi connectivity index (χ3n) is 6.98. The molecule has 0 bridgehead atoms. The van der Waals surface area contributed by atoms with Crippen molar-refractivity contribution >= 4 is 18.4 Å². The monoisotopic (exact) mass is 522 g/mol. The highest BCUT2D eigenvalue weighted by Crippen LogP contribution is 2.49. The molecule has 194 valence electrons. The predicted molar refractivity (Wildman–Crippen MR) is 144 cm³/mol. The largest absolute Gasteiger partial charge is 0.494 e. The van der Waals surface area contributed by atoms with Crippen LogP contribution < -0.4 is 19.8 Å². The van der Waals surface area contributed by atoms with E-state index in [4.69, 9.17) is 26.4 Å². The summed E-state index contributed by atoms with van der Waals surface area (Å²) < 4.78 is 18.5. The summed E-state index contributed by atoms with van der Waals surface area (Å²) >= 11 is 5.35. The highest BCUT2D eigenvalue weighted by molar-refractivity contribution is 7.71. The van der Waals surface area contributed by atoms with Crippen LogP contribution in [0, 0.1) is 4.77 Å². The van der Waals surface area contributed by atoms with E-state index in [1.807, 2.05) is 37.4 Å². The Morgan fingerprint density at radius 2 is 2.05 bits per heavy atom. The van der Waals surface area contributed by atoms with E-state index in [2.05, 4.69) is 28.7 Å². The molecule has 5 rings (SSSR count). The second kappa shape index (κ2) is 10.0. The smallest absolute Gasteiger partial charge is 0.264 e. The molecule has 0 fully saturated rings. The van der Waals surface area contributed by atoms with Crippen LogP contribution in [0.4, 0.5) is 0 Å². The van der Waals surface area contributed by atoms with Crippen molar-refractivity contribution in [2.45, 2.75) is 32.2 Å². The lowest BCUT2D eigenvalue weighted by Crippen LogP contribution is -2.34. The molecular formula is C27H30N4O5S. The zero-order valence-electron chi connectivity index (χ0n) is 21.3. The van der Waals surface area contributed by atoms with E-state index in [0.29, 0.717) is 35.4 Å². The molecule has 0 radical (unpaired) electrons. The number of rotatable bonds is 6. The van der Waals surface area contributed by atoms with Gasteiger partial charge in [-0.25, -0.2) is 0 Å². The van der Waals surface area contributed by atoms with Crippen LogP contribution in [0.3, 0.4) is 0 Å². The Hall–Kier alpha value is -3.63. The van der Waals surface area contributed by atoms with Gasteiger partial charge in [-0.1, -0.05) is 26.0 Å². The highest BCUT2D eigenvalue weighted by atomic mass is 32.1. The van der Waals surface area contributed by atoms with Crippen LogP contribution in [0.25, 0.3) is 5.69 Å². The summed E-state index contributed by atoms with van der Waals surface area (Å²) in [6.07, 6.45) is 2.25. The Morgan fingerprint density at radius 1 is 1.30 bits per heavy atom. The Bertz CT molecular complexity index is 1480. The van der Waals surface area contributed by atoms with E-state index in [0.717, 1.165) is 29.7 Å². The topological polar surface area (TPSA) is 101 Å². The predicted octanol–water partition coefficient (Wildman–Crippen LogP) is 4.11. The molecular weight excluding hydrogens is 492 g/mol. The molecule has 2 aromatic carbocycles. The summed E-state index contributed by atoms with van der Waals surface area (Å²) in [6.45, 7) is 5.56. The van der Waals surface area contributed by atoms with Crippen molar-refractivity contribution in [1.82, 2.24) is 14.5 Å². The Morgan fingerprint density at radius 3 is 2.76 bits per heavy atom. The van der Waals surface area contributed by atoms with Crippen molar-refractivity contribution in [2.24, 2.45) is 4.99 Å². The van der Waals surface area contributed by atoms with Crippen molar-refractivity contribution in [2.75, 3.05) is 34.0 Å². The fourth-order valence-corrected chi connectivity index (χ4v) is 5.19. The number of nitrogens with one attached hydrogen (secondary N) is 1. The molecule has 0 spiro atoms. The van der Waals surface area contributed by atoms with Crippen LogP contribution in [-0.4, -0.2) is 59.8 Å². The van der Waals surface area contributed by atoms with Gasteiger partial charge >= 0.3 is 0 Å². The maximum absolute atomic E-state index is 12.7. The van der Waals surface area contributed by atoms with Crippen molar-refractivity contribution in [3.05, 3.63) is 67.7 Å². The second-order valence-corrected chi connectivity index (χ2v) is 9.92. The standard InChI is InChI=1S/C27H30N4O5S/c1-15(2)16-5-7-18(8-6-16)31-26(33)19(25(32)29-27(31)37)12-28-13-20-22-17(9-10-30(20)3)11-21-23(24(22)34-4)36-14-35-21/h5-8,11-12,15,20,33H,9-10,13-14H2,1-4H3,(H,29,32,37). The molecule has 2 N–H and O–H groups in total. The number of H-pyrrole nitrogens is 1. The van der Waals surface area contributed by atoms with Crippen molar-refractivity contribution in [1.29, 1.82) is 0 Å². The Balaban J connectivity index is 1.48. The fourth-order valence-electron chi connectivity index (χ4n) is 4.90. The maximum atomic E-state index is 12.7. The number of aliphatic imine (C=N–C) groups is 1. The van der Waals surface area contributed by atoms with Gasteiger partial charge in [-0.3, -0.25) is 24.2 Å². The number of ether oxygens (including phenoxy) is 3. The number of fused-ring (bicyclic) bond motifs is 2. The number of hydrogen-bond donors (Lipinski definition) is 2. The van der Waals surface area contributed by atoms with Crippen LogP contribution in [0.2, 0.25) is 0 Å². The zero-order chi connectivity index (χ0) is 26.3. The molecule has 3 aromatic rings. The first-order chi connectivity index (χ1) is 17.8. The minimum absolute atomic E-state index is 0.0397. The highest BCUT2D eigenvalue weighted by Gasteiger charge is 2.33. The van der Waals surface area contributed by atoms with Gasteiger partial charge in [-0.2, -0.15) is 0 Å². The van der Waals surface area contributed by atoms with Crippen molar-refractivity contribution in [3.8, 4) is 28.8 Å². The van der Waals surface area contributed by atoms with Gasteiger partial charge in [-0.05, 0) is 60.9 Å². The third kappa shape index (κ3) is 4.51. The molecule has 0 saturated heterocycles. The number of benzene rings is 2. The van der Waals surface area contributed by atoms with Crippen molar-refractivity contribution in [3.63, 3.8) is 0 Å². The molecule has 1 aromatic heterocycles. The molecule has 0 amide bonds. The number of aromatic amines is 1. The SMILES string of the molecule is COc1c2c(cc3c1C(CN=Cc1c(O)n(-c4ccc(C(C)C)cc4)c(=S)[nH]c1=O)N(C)CC3)OCO2. The molecule has 0 saturated carbocycles. The van der Waals surface area contributed by atoms with Crippen LogP contribution in [-0.2, 0) is 6.42 Å². The quantitative estimate of drug-likeness (QED) is 0.371. The first-order valence-corrected chi connectivity index (χ1v) is 12.6. The van der Waals surface area contributed by atoms with Crippen LogP contribution in [0.15, 0.2) is 40.1 Å². The number of aromatic hydroxyl groups is 1. The average Bonchev–Trinajstić information content (AvgIpc) is 3.34. The lowest BCUT2D eigenvalue weighted by atomic mass is 9.91. The molecule has 0 aliphatic carbocycles. The number of nitrogens with zero attached hydrogens (tertiary/aromatic N) is 3. The van der Waals surface area contributed by atoms with Gasteiger partial charge in [-0.15, -0.1) is 0 Å². The first kappa shape index (κ1) is 25.0. The number of hydrogen-bond acceptors (Lipinski definition) is 8. The number of methoxy groups -OCH3 is 1. The molecule has 3 heterocycles. The molecule has 2 aliphatic heterocycles. The van der Waals surface area contributed by atoms with Gasteiger partial charge in [0.15, 0.2) is 16.3 Å².